The highest BCUT2D eigenvalue weighted by atomic mass is 32.1. The molecule has 0 saturated heterocycles. The molecule has 0 unspecified atom stereocenters. The quantitative estimate of drug-likeness (QED) is 0.214. The summed E-state index contributed by atoms with van der Waals surface area (Å²) in [5.74, 6) is 1.13. The highest BCUT2D eigenvalue weighted by Crippen LogP contribution is 2.22. The fourth-order valence-corrected chi connectivity index (χ4v) is 3.77. The third-order valence-electron chi connectivity index (χ3n) is 4.67. The molecule has 4 aromatic rings. The lowest BCUT2D eigenvalue weighted by Gasteiger charge is -2.04. The largest absolute Gasteiger partial charge is 0.463 e. The molecule has 2 heterocycles. The number of non-ortho nitro benzene ring substituents is 1. The zero-order valence-electron chi connectivity index (χ0n) is 17.0. The van der Waals surface area contributed by atoms with E-state index in [0.717, 1.165) is 16.9 Å². The molecule has 0 atom stereocenters. The average molecular weight is 433 g/mol. The normalized spacial score (nSPS) is 12.2. The van der Waals surface area contributed by atoms with Gasteiger partial charge in [-0.2, -0.15) is 5.10 Å². The number of nitro groups is 1. The van der Waals surface area contributed by atoms with Gasteiger partial charge < -0.3 is 4.42 Å². The van der Waals surface area contributed by atoms with E-state index in [9.17, 15) is 10.1 Å². The van der Waals surface area contributed by atoms with Gasteiger partial charge in [0.15, 0.2) is 5.76 Å². The van der Waals surface area contributed by atoms with Gasteiger partial charge in [0, 0.05) is 17.5 Å². The van der Waals surface area contributed by atoms with Gasteiger partial charge in [-0.3, -0.25) is 10.1 Å². The number of hydrogen-bond acceptors (Lipinski definition) is 6. The van der Waals surface area contributed by atoms with E-state index in [2.05, 4.69) is 31.1 Å². The van der Waals surface area contributed by atoms with Gasteiger partial charge in [-0.15, -0.1) is 11.3 Å². The summed E-state index contributed by atoms with van der Waals surface area (Å²) in [5.41, 5.74) is 3.63. The first-order valence-electron chi connectivity index (χ1n) is 9.69. The third kappa shape index (κ3) is 4.70. The van der Waals surface area contributed by atoms with Crippen LogP contribution in [0.5, 0.6) is 0 Å². The van der Waals surface area contributed by atoms with Crippen molar-refractivity contribution in [1.29, 1.82) is 0 Å². The molecule has 8 heteroatoms. The molecular formula is C23H20N4O3S. The van der Waals surface area contributed by atoms with Gasteiger partial charge in [0.1, 0.15) is 5.69 Å². The molecule has 4 rings (SSSR count). The first-order chi connectivity index (χ1) is 15.0. The molecule has 31 heavy (non-hydrogen) atoms. The lowest BCUT2D eigenvalue weighted by Crippen LogP contribution is -2.11. The second-order valence-corrected chi connectivity index (χ2v) is 7.98. The Morgan fingerprint density at radius 2 is 1.84 bits per heavy atom. The Hall–Kier alpha value is -3.78. The third-order valence-corrected chi connectivity index (χ3v) is 5.49. The van der Waals surface area contributed by atoms with Crippen molar-refractivity contribution in [3.05, 3.63) is 98.3 Å². The number of aromatic nitrogens is 1. The van der Waals surface area contributed by atoms with Crippen LogP contribution in [0.1, 0.15) is 30.9 Å². The molecule has 0 fully saturated rings. The Bertz CT molecular complexity index is 1270. The van der Waals surface area contributed by atoms with Crippen molar-refractivity contribution in [3.63, 3.8) is 0 Å². The second-order valence-electron chi connectivity index (χ2n) is 7.14. The molecule has 0 aliphatic heterocycles. The van der Waals surface area contributed by atoms with Crippen molar-refractivity contribution in [3.8, 4) is 11.5 Å². The predicted molar refractivity (Wildman–Crippen MR) is 122 cm³/mol. The highest BCUT2D eigenvalue weighted by Gasteiger charge is 2.10. The second kappa shape index (κ2) is 8.93. The van der Waals surface area contributed by atoms with Crippen molar-refractivity contribution >= 4 is 28.9 Å². The van der Waals surface area contributed by atoms with Crippen molar-refractivity contribution < 1.29 is 9.34 Å². The van der Waals surface area contributed by atoms with Crippen molar-refractivity contribution in [2.75, 3.05) is 0 Å². The SMILES string of the molecule is CC(C)c1ccc(N=c2scc(-c3ccco3)n2N=Cc2ccc([N+](=O)[O-])cc2)cc1. The molecule has 156 valence electrons. The lowest BCUT2D eigenvalue weighted by molar-refractivity contribution is -0.384. The number of furan rings is 1. The van der Waals surface area contributed by atoms with Crippen LogP contribution in [0.15, 0.2) is 86.8 Å². The number of benzene rings is 2. The standard InChI is InChI=1S/C23H20N4O3S/c1-16(2)18-7-9-19(10-8-18)25-23-26(21(15-31-23)22-4-3-13-30-22)24-14-17-5-11-20(12-6-17)27(28)29/h3-16H,1-2H3. The van der Waals surface area contributed by atoms with Crippen molar-refractivity contribution in [1.82, 2.24) is 4.68 Å². The Balaban J connectivity index is 1.74. The summed E-state index contributed by atoms with van der Waals surface area (Å²) in [4.78, 5) is 15.9. The first-order valence-corrected chi connectivity index (χ1v) is 10.6. The minimum absolute atomic E-state index is 0.0390. The summed E-state index contributed by atoms with van der Waals surface area (Å²) < 4.78 is 7.26. The number of hydrogen-bond donors (Lipinski definition) is 0. The van der Waals surface area contributed by atoms with E-state index in [1.54, 1.807) is 29.3 Å². The van der Waals surface area contributed by atoms with Crippen LogP contribution in [0, 0.1) is 10.1 Å². The van der Waals surface area contributed by atoms with Gasteiger partial charge in [0.05, 0.1) is 23.1 Å². The number of thiazole rings is 1. The van der Waals surface area contributed by atoms with Crippen LogP contribution in [0.25, 0.3) is 11.5 Å². The molecule has 0 saturated carbocycles. The molecule has 2 aromatic heterocycles. The van der Waals surface area contributed by atoms with Crippen LogP contribution in [-0.2, 0) is 0 Å². The summed E-state index contributed by atoms with van der Waals surface area (Å²) in [5, 5.41) is 17.4. The summed E-state index contributed by atoms with van der Waals surface area (Å²) in [7, 11) is 0. The average Bonchev–Trinajstić information content (AvgIpc) is 3.43. The van der Waals surface area contributed by atoms with Crippen molar-refractivity contribution in [2.24, 2.45) is 10.1 Å². The molecule has 0 spiro atoms. The van der Waals surface area contributed by atoms with Gasteiger partial charge in [-0.25, -0.2) is 9.67 Å². The van der Waals surface area contributed by atoms with Gasteiger partial charge in [-0.1, -0.05) is 26.0 Å². The van der Waals surface area contributed by atoms with Gasteiger partial charge in [-0.05, 0) is 53.4 Å². The summed E-state index contributed by atoms with van der Waals surface area (Å²) >= 11 is 1.45. The predicted octanol–water partition coefficient (Wildman–Crippen LogP) is 5.96. The Labute approximate surface area is 182 Å². The van der Waals surface area contributed by atoms with Crippen molar-refractivity contribution in [2.45, 2.75) is 19.8 Å². The Kier molecular flexibility index (Phi) is 5.90. The number of nitrogens with zero attached hydrogens (tertiary/aromatic N) is 4. The molecule has 0 N–H and O–H groups in total. The van der Waals surface area contributed by atoms with E-state index in [1.807, 2.05) is 29.6 Å². The topological polar surface area (TPSA) is 85.9 Å². The molecule has 2 aromatic carbocycles. The minimum Gasteiger partial charge on any atom is -0.463 e. The Morgan fingerprint density at radius 1 is 1.10 bits per heavy atom. The van der Waals surface area contributed by atoms with E-state index in [0.29, 0.717) is 16.5 Å². The van der Waals surface area contributed by atoms with E-state index in [-0.39, 0.29) is 5.69 Å². The van der Waals surface area contributed by atoms with Crippen LogP contribution in [0.2, 0.25) is 0 Å². The molecule has 0 bridgehead atoms. The maximum Gasteiger partial charge on any atom is 0.269 e. The van der Waals surface area contributed by atoms with Gasteiger partial charge in [0.25, 0.3) is 5.69 Å². The summed E-state index contributed by atoms with van der Waals surface area (Å²) in [6.07, 6.45) is 3.25. The monoisotopic (exact) mass is 432 g/mol. The highest BCUT2D eigenvalue weighted by molar-refractivity contribution is 7.07. The summed E-state index contributed by atoms with van der Waals surface area (Å²) in [6.45, 7) is 4.31. The zero-order valence-corrected chi connectivity index (χ0v) is 17.8. The zero-order chi connectivity index (χ0) is 21.8. The van der Waals surface area contributed by atoms with E-state index in [4.69, 9.17) is 9.41 Å². The number of rotatable bonds is 6. The van der Waals surface area contributed by atoms with E-state index in [1.165, 1.54) is 29.0 Å². The Morgan fingerprint density at radius 3 is 2.45 bits per heavy atom. The fraction of sp³-hybridized carbons (Fsp3) is 0.130. The smallest absolute Gasteiger partial charge is 0.269 e. The number of nitro benzene ring substituents is 1. The van der Waals surface area contributed by atoms with Gasteiger partial charge in [0.2, 0.25) is 4.80 Å². The van der Waals surface area contributed by atoms with Crippen LogP contribution in [0.3, 0.4) is 0 Å². The maximum atomic E-state index is 10.9. The van der Waals surface area contributed by atoms with Crippen LogP contribution in [0.4, 0.5) is 11.4 Å². The molecular weight excluding hydrogens is 412 g/mol. The van der Waals surface area contributed by atoms with Crippen LogP contribution >= 0.6 is 11.3 Å². The minimum atomic E-state index is -0.425. The molecule has 0 radical (unpaired) electrons. The molecule has 0 aliphatic carbocycles. The molecule has 7 nitrogen and oxygen atoms in total. The fourth-order valence-electron chi connectivity index (χ4n) is 2.93. The van der Waals surface area contributed by atoms with Crippen LogP contribution < -0.4 is 4.80 Å². The summed E-state index contributed by atoms with van der Waals surface area (Å²) in [6, 6.07) is 18.0. The van der Waals surface area contributed by atoms with E-state index < -0.39 is 4.92 Å². The van der Waals surface area contributed by atoms with Crippen LogP contribution in [-0.4, -0.2) is 15.8 Å². The van der Waals surface area contributed by atoms with Gasteiger partial charge >= 0.3 is 0 Å². The van der Waals surface area contributed by atoms with E-state index >= 15 is 0 Å². The molecule has 0 aliphatic rings. The molecule has 0 amide bonds. The maximum absolute atomic E-state index is 10.9. The first kappa shape index (κ1) is 20.5. The lowest BCUT2D eigenvalue weighted by atomic mass is 10.0.